The van der Waals surface area contributed by atoms with E-state index >= 15 is 0 Å². The lowest BCUT2D eigenvalue weighted by molar-refractivity contribution is -0.153. The lowest BCUT2D eigenvalue weighted by atomic mass is 10.4. The van der Waals surface area contributed by atoms with Gasteiger partial charge < -0.3 is 4.74 Å². The third-order valence-electron chi connectivity index (χ3n) is 1.39. The van der Waals surface area contributed by atoms with Crippen molar-refractivity contribution in [3.05, 3.63) is 0 Å². The van der Waals surface area contributed by atoms with Gasteiger partial charge in [-0.3, -0.25) is 0 Å². The lowest BCUT2D eigenvalue weighted by Gasteiger charge is -2.08. The second-order valence-corrected chi connectivity index (χ2v) is 3.77. The lowest BCUT2D eigenvalue weighted by Crippen LogP contribution is -2.28. The minimum absolute atomic E-state index is 0.377. The van der Waals surface area contributed by atoms with E-state index < -0.39 is 28.6 Å². The first-order chi connectivity index (χ1) is 6.44. The molecule has 7 heteroatoms. The van der Waals surface area contributed by atoms with Gasteiger partial charge in [0.2, 0.25) is 6.10 Å². The van der Waals surface area contributed by atoms with Crippen LogP contribution in [-0.2, 0) is 28.3 Å². The zero-order valence-electron chi connectivity index (χ0n) is 7.30. The van der Waals surface area contributed by atoms with E-state index in [9.17, 15) is 13.2 Å². The molecule has 1 rings (SSSR count). The number of esters is 1. The molecule has 1 aliphatic heterocycles. The molecule has 1 heterocycles. The fourth-order valence-electron chi connectivity index (χ4n) is 0.734. The summed E-state index contributed by atoms with van der Waals surface area (Å²) < 4.78 is 34.3. The van der Waals surface area contributed by atoms with Gasteiger partial charge in [0.25, 0.3) is 0 Å². The highest BCUT2D eigenvalue weighted by Gasteiger charge is 2.37. The minimum Gasteiger partial charge on any atom is -0.447 e. The SMILES string of the molecule is C#CC(C)OC(=O)C1COS(=O)(=O)O1. The summed E-state index contributed by atoms with van der Waals surface area (Å²) in [6, 6.07) is 0. The first-order valence-corrected chi connectivity index (χ1v) is 5.02. The zero-order chi connectivity index (χ0) is 10.8. The largest absolute Gasteiger partial charge is 0.447 e. The Morgan fingerprint density at radius 2 is 2.36 bits per heavy atom. The highest BCUT2D eigenvalue weighted by Crippen LogP contribution is 2.14. The van der Waals surface area contributed by atoms with Crippen LogP contribution in [0.15, 0.2) is 0 Å². The van der Waals surface area contributed by atoms with Crippen molar-refractivity contribution in [2.24, 2.45) is 0 Å². The Bertz CT molecular complexity index is 364. The second kappa shape index (κ2) is 3.96. The van der Waals surface area contributed by atoms with Gasteiger partial charge >= 0.3 is 16.4 Å². The van der Waals surface area contributed by atoms with Crippen molar-refractivity contribution in [2.45, 2.75) is 19.1 Å². The number of hydrogen-bond donors (Lipinski definition) is 0. The number of hydrogen-bond acceptors (Lipinski definition) is 6. The molecule has 1 saturated heterocycles. The standard InChI is InChI=1S/C7H8O6S/c1-3-5(2)12-7(8)6-4-11-14(9,10)13-6/h1,5-6H,4H2,2H3. The summed E-state index contributed by atoms with van der Waals surface area (Å²) in [7, 11) is -4.04. The number of terminal acetylenes is 1. The number of carbonyl (C=O) groups excluding carboxylic acids is 1. The molecule has 0 aliphatic carbocycles. The molecule has 0 amide bonds. The molecule has 0 bridgehead atoms. The monoisotopic (exact) mass is 220 g/mol. The molecular weight excluding hydrogens is 212 g/mol. The molecule has 78 valence electrons. The summed E-state index contributed by atoms with van der Waals surface area (Å²) in [6.45, 7) is 1.10. The summed E-state index contributed by atoms with van der Waals surface area (Å²) in [5.41, 5.74) is 0. The van der Waals surface area contributed by atoms with Gasteiger partial charge in [-0.1, -0.05) is 5.92 Å². The summed E-state index contributed by atoms with van der Waals surface area (Å²) >= 11 is 0. The van der Waals surface area contributed by atoms with Gasteiger partial charge in [-0.2, -0.15) is 8.42 Å². The van der Waals surface area contributed by atoms with Crippen molar-refractivity contribution in [1.29, 1.82) is 0 Å². The van der Waals surface area contributed by atoms with Crippen LogP contribution in [0.4, 0.5) is 0 Å². The van der Waals surface area contributed by atoms with E-state index in [0.717, 1.165) is 0 Å². The number of rotatable bonds is 2. The van der Waals surface area contributed by atoms with Crippen LogP contribution in [-0.4, -0.2) is 33.2 Å². The van der Waals surface area contributed by atoms with E-state index in [-0.39, 0.29) is 6.61 Å². The topological polar surface area (TPSA) is 78.9 Å². The molecule has 0 saturated carbocycles. The molecule has 6 nitrogen and oxygen atoms in total. The van der Waals surface area contributed by atoms with Gasteiger partial charge in [-0.15, -0.1) is 6.42 Å². The minimum atomic E-state index is -4.04. The normalized spacial score (nSPS) is 26.4. The molecule has 2 atom stereocenters. The van der Waals surface area contributed by atoms with Crippen LogP contribution >= 0.6 is 0 Å². The van der Waals surface area contributed by atoms with Crippen LogP contribution in [0.5, 0.6) is 0 Å². The first-order valence-electron chi connectivity index (χ1n) is 3.69. The molecule has 1 aliphatic rings. The van der Waals surface area contributed by atoms with E-state index in [2.05, 4.69) is 19.0 Å². The van der Waals surface area contributed by atoms with E-state index in [0.29, 0.717) is 0 Å². The van der Waals surface area contributed by atoms with Crippen molar-refractivity contribution >= 4 is 16.4 Å². The molecule has 0 aromatic carbocycles. The highest BCUT2D eigenvalue weighted by atomic mass is 32.3. The molecule has 0 radical (unpaired) electrons. The van der Waals surface area contributed by atoms with E-state index in [1.54, 1.807) is 0 Å². The molecular formula is C7H8O6S. The van der Waals surface area contributed by atoms with Crippen LogP contribution in [0.1, 0.15) is 6.92 Å². The predicted molar refractivity (Wildman–Crippen MR) is 44.1 cm³/mol. The highest BCUT2D eigenvalue weighted by molar-refractivity contribution is 7.82. The number of carbonyl (C=O) groups is 1. The Morgan fingerprint density at radius 1 is 1.71 bits per heavy atom. The summed E-state index contributed by atoms with van der Waals surface area (Å²) in [5, 5.41) is 0. The quantitative estimate of drug-likeness (QED) is 0.448. The van der Waals surface area contributed by atoms with Gasteiger partial charge in [0, 0.05) is 0 Å². The van der Waals surface area contributed by atoms with E-state index in [1.807, 2.05) is 0 Å². The van der Waals surface area contributed by atoms with Gasteiger partial charge in [0.15, 0.2) is 6.10 Å². The van der Waals surface area contributed by atoms with Crippen LogP contribution in [0.2, 0.25) is 0 Å². The molecule has 0 N–H and O–H groups in total. The van der Waals surface area contributed by atoms with Gasteiger partial charge in [-0.25, -0.2) is 13.2 Å². The molecule has 0 spiro atoms. The van der Waals surface area contributed by atoms with Crippen molar-refractivity contribution in [3.63, 3.8) is 0 Å². The summed E-state index contributed by atoms with van der Waals surface area (Å²) in [5.74, 6) is 1.30. The molecule has 1 fully saturated rings. The Labute approximate surface area is 81.5 Å². The van der Waals surface area contributed by atoms with Crippen LogP contribution in [0.3, 0.4) is 0 Å². The summed E-state index contributed by atoms with van der Waals surface area (Å²) in [4.78, 5) is 11.1. The van der Waals surface area contributed by atoms with Crippen molar-refractivity contribution in [3.8, 4) is 12.3 Å². The Morgan fingerprint density at radius 3 is 2.79 bits per heavy atom. The van der Waals surface area contributed by atoms with Crippen molar-refractivity contribution in [2.75, 3.05) is 6.61 Å². The Kier molecular flexibility index (Phi) is 3.10. The smallest absolute Gasteiger partial charge is 0.400 e. The third-order valence-corrected chi connectivity index (χ3v) is 2.28. The molecule has 14 heavy (non-hydrogen) atoms. The fraction of sp³-hybridized carbons (Fsp3) is 0.571. The maximum atomic E-state index is 11.1. The van der Waals surface area contributed by atoms with Crippen molar-refractivity contribution in [1.82, 2.24) is 0 Å². The van der Waals surface area contributed by atoms with E-state index in [1.165, 1.54) is 6.92 Å². The van der Waals surface area contributed by atoms with Gasteiger partial charge in [0.05, 0.1) is 0 Å². The average Bonchev–Trinajstić information content (AvgIpc) is 2.46. The van der Waals surface area contributed by atoms with E-state index in [4.69, 9.17) is 6.42 Å². The first kappa shape index (κ1) is 11.0. The second-order valence-electron chi connectivity index (χ2n) is 2.52. The van der Waals surface area contributed by atoms with Gasteiger partial charge in [-0.05, 0) is 6.92 Å². The molecule has 0 aromatic heterocycles. The van der Waals surface area contributed by atoms with Crippen LogP contribution in [0, 0.1) is 12.3 Å². The van der Waals surface area contributed by atoms with Gasteiger partial charge in [0.1, 0.15) is 6.61 Å². The third kappa shape index (κ3) is 2.70. The fourth-order valence-corrected chi connectivity index (χ4v) is 1.50. The van der Waals surface area contributed by atoms with Crippen LogP contribution < -0.4 is 0 Å². The maximum Gasteiger partial charge on any atom is 0.400 e. The average molecular weight is 220 g/mol. The number of ether oxygens (including phenoxy) is 1. The van der Waals surface area contributed by atoms with Crippen molar-refractivity contribution < 1.29 is 26.3 Å². The zero-order valence-corrected chi connectivity index (χ0v) is 8.11. The Hall–Kier alpha value is -1.10. The van der Waals surface area contributed by atoms with Crippen LogP contribution in [0.25, 0.3) is 0 Å². The molecule has 0 aromatic rings. The summed E-state index contributed by atoms with van der Waals surface area (Å²) in [6.07, 6.45) is 2.97. The molecule has 2 unspecified atom stereocenters. The predicted octanol–water partition coefficient (Wildman–Crippen LogP) is -0.788. The Balaban J connectivity index is 2.53. The maximum absolute atomic E-state index is 11.1.